The fraction of sp³-hybridized carbons (Fsp3) is 0.357. The highest BCUT2D eigenvalue weighted by Gasteiger charge is 2.21. The lowest BCUT2D eigenvalue weighted by Crippen LogP contribution is -2.22. The van der Waals surface area contributed by atoms with Crippen molar-refractivity contribution in [2.75, 3.05) is 7.05 Å². The Balaban J connectivity index is 2.56. The smallest absolute Gasteiger partial charge is 0.123 e. The molecule has 2 rings (SSSR count). The minimum Gasteiger partial charge on any atom is -0.308 e. The Morgan fingerprint density at radius 3 is 2.84 bits per heavy atom. The normalized spacial score (nSPS) is 12.7. The maximum absolute atomic E-state index is 13.5. The Morgan fingerprint density at radius 1 is 1.47 bits per heavy atom. The average molecular weight is 326 g/mol. The number of hydrogen-bond donors (Lipinski definition) is 1. The van der Waals surface area contributed by atoms with Crippen LogP contribution in [0.5, 0.6) is 0 Å². The fourth-order valence-corrected chi connectivity index (χ4v) is 2.80. The van der Waals surface area contributed by atoms with Crippen LogP contribution in [0.15, 0.2) is 28.9 Å². The highest BCUT2D eigenvalue weighted by Crippen LogP contribution is 2.30. The fourth-order valence-electron chi connectivity index (χ4n) is 2.27. The van der Waals surface area contributed by atoms with Crippen LogP contribution in [0.1, 0.15) is 29.8 Å². The van der Waals surface area contributed by atoms with E-state index in [1.54, 1.807) is 18.3 Å². The quantitative estimate of drug-likeness (QED) is 0.933. The van der Waals surface area contributed by atoms with E-state index in [0.717, 1.165) is 27.8 Å². The molecule has 1 atom stereocenters. The largest absolute Gasteiger partial charge is 0.308 e. The molecule has 0 amide bonds. The first-order chi connectivity index (χ1) is 9.08. The van der Waals surface area contributed by atoms with Crippen LogP contribution >= 0.6 is 15.9 Å². The zero-order chi connectivity index (χ0) is 14.0. The van der Waals surface area contributed by atoms with Gasteiger partial charge in [0.2, 0.25) is 0 Å². The molecule has 1 aromatic carbocycles. The second kappa shape index (κ2) is 5.84. The third kappa shape index (κ3) is 2.72. The number of aryl methyl sites for hydroxylation is 2. The third-order valence-electron chi connectivity index (χ3n) is 3.25. The number of nitrogens with one attached hydrogen (secondary N) is 1. The van der Waals surface area contributed by atoms with Gasteiger partial charge in [0, 0.05) is 6.54 Å². The molecular formula is C14H17BrFN3. The van der Waals surface area contributed by atoms with Crippen molar-refractivity contribution in [1.82, 2.24) is 15.1 Å². The molecule has 5 heteroatoms. The summed E-state index contributed by atoms with van der Waals surface area (Å²) in [4.78, 5) is 0. The molecule has 1 aromatic heterocycles. The molecule has 19 heavy (non-hydrogen) atoms. The maximum Gasteiger partial charge on any atom is 0.123 e. The molecule has 0 spiro atoms. The van der Waals surface area contributed by atoms with E-state index in [2.05, 4.69) is 26.3 Å². The minimum absolute atomic E-state index is 0.0903. The van der Waals surface area contributed by atoms with Gasteiger partial charge in [-0.15, -0.1) is 0 Å². The lowest BCUT2D eigenvalue weighted by Gasteiger charge is -2.20. The van der Waals surface area contributed by atoms with Gasteiger partial charge < -0.3 is 5.32 Å². The molecule has 1 N–H and O–H groups in total. The number of hydrogen-bond acceptors (Lipinski definition) is 2. The van der Waals surface area contributed by atoms with Crippen LogP contribution in [0, 0.1) is 12.7 Å². The first-order valence-electron chi connectivity index (χ1n) is 6.23. The van der Waals surface area contributed by atoms with E-state index in [9.17, 15) is 4.39 Å². The van der Waals surface area contributed by atoms with Gasteiger partial charge in [-0.2, -0.15) is 5.10 Å². The molecule has 1 unspecified atom stereocenters. The van der Waals surface area contributed by atoms with Gasteiger partial charge in [0.1, 0.15) is 5.82 Å². The summed E-state index contributed by atoms with van der Waals surface area (Å²) in [5.74, 6) is -0.223. The zero-order valence-electron chi connectivity index (χ0n) is 11.2. The molecule has 1 heterocycles. The first-order valence-corrected chi connectivity index (χ1v) is 7.02. The molecule has 0 aliphatic heterocycles. The Morgan fingerprint density at radius 2 is 2.21 bits per heavy atom. The summed E-state index contributed by atoms with van der Waals surface area (Å²) in [5, 5.41) is 7.56. The van der Waals surface area contributed by atoms with Gasteiger partial charge in [0.25, 0.3) is 0 Å². The minimum atomic E-state index is -0.223. The second-order valence-electron chi connectivity index (χ2n) is 4.42. The highest BCUT2D eigenvalue weighted by atomic mass is 79.9. The number of aromatic nitrogens is 2. The summed E-state index contributed by atoms with van der Waals surface area (Å²) in [6.45, 7) is 4.79. The standard InChI is InChI=1S/C14H17BrFN3/c1-4-19-14(12(15)8-18-19)13(17-3)11-7-10(16)6-5-9(11)2/h5-8,13,17H,4H2,1-3H3. The molecule has 102 valence electrons. The van der Waals surface area contributed by atoms with Crippen LogP contribution in [0.25, 0.3) is 0 Å². The van der Waals surface area contributed by atoms with Gasteiger partial charge in [-0.05, 0) is 60.1 Å². The van der Waals surface area contributed by atoms with Crippen LogP contribution in [0.2, 0.25) is 0 Å². The Hall–Kier alpha value is -1.20. The van der Waals surface area contributed by atoms with Crippen molar-refractivity contribution in [3.8, 4) is 0 Å². The summed E-state index contributed by atoms with van der Waals surface area (Å²) in [6, 6.07) is 4.77. The molecule has 2 aromatic rings. The first kappa shape index (κ1) is 14.2. The van der Waals surface area contributed by atoms with Crippen molar-refractivity contribution in [2.24, 2.45) is 0 Å². The summed E-state index contributed by atoms with van der Waals surface area (Å²) in [6.07, 6.45) is 1.78. The topological polar surface area (TPSA) is 29.9 Å². The van der Waals surface area contributed by atoms with E-state index >= 15 is 0 Å². The van der Waals surface area contributed by atoms with E-state index in [4.69, 9.17) is 0 Å². The molecule has 0 saturated heterocycles. The maximum atomic E-state index is 13.5. The Kier molecular flexibility index (Phi) is 4.37. The SMILES string of the molecule is CCn1ncc(Br)c1C(NC)c1cc(F)ccc1C. The molecular weight excluding hydrogens is 309 g/mol. The number of benzene rings is 1. The Bertz CT molecular complexity index is 580. The van der Waals surface area contributed by atoms with Gasteiger partial charge in [0.05, 0.1) is 22.4 Å². The number of nitrogens with zero attached hydrogens (tertiary/aromatic N) is 2. The highest BCUT2D eigenvalue weighted by molar-refractivity contribution is 9.10. The molecule has 0 aliphatic rings. The van der Waals surface area contributed by atoms with Crippen LogP contribution in [0.3, 0.4) is 0 Å². The van der Waals surface area contributed by atoms with E-state index in [0.29, 0.717) is 0 Å². The van der Waals surface area contributed by atoms with Gasteiger partial charge in [-0.1, -0.05) is 6.07 Å². The molecule has 0 bridgehead atoms. The summed E-state index contributed by atoms with van der Waals surface area (Å²) < 4.78 is 16.3. The van der Waals surface area contributed by atoms with Crippen molar-refractivity contribution in [3.63, 3.8) is 0 Å². The lowest BCUT2D eigenvalue weighted by atomic mass is 9.98. The average Bonchev–Trinajstić information content (AvgIpc) is 2.76. The van der Waals surface area contributed by atoms with Crippen molar-refractivity contribution in [3.05, 3.63) is 51.5 Å². The Labute approximate surface area is 121 Å². The van der Waals surface area contributed by atoms with Crippen LogP contribution < -0.4 is 5.32 Å². The molecule has 0 aliphatic carbocycles. The molecule has 3 nitrogen and oxygen atoms in total. The van der Waals surface area contributed by atoms with Gasteiger partial charge in [0.15, 0.2) is 0 Å². The number of rotatable bonds is 4. The van der Waals surface area contributed by atoms with E-state index < -0.39 is 0 Å². The third-order valence-corrected chi connectivity index (χ3v) is 3.86. The van der Waals surface area contributed by atoms with Crippen molar-refractivity contribution >= 4 is 15.9 Å². The lowest BCUT2D eigenvalue weighted by molar-refractivity contribution is 0.555. The van der Waals surface area contributed by atoms with Gasteiger partial charge in [-0.25, -0.2) is 4.39 Å². The summed E-state index contributed by atoms with van der Waals surface area (Å²) >= 11 is 3.52. The summed E-state index contributed by atoms with van der Waals surface area (Å²) in [7, 11) is 1.87. The molecule has 0 radical (unpaired) electrons. The van der Waals surface area contributed by atoms with Crippen molar-refractivity contribution < 1.29 is 4.39 Å². The second-order valence-corrected chi connectivity index (χ2v) is 5.27. The van der Waals surface area contributed by atoms with Gasteiger partial charge >= 0.3 is 0 Å². The predicted octanol–water partition coefficient (Wildman–Crippen LogP) is 3.42. The van der Waals surface area contributed by atoms with Crippen LogP contribution in [-0.2, 0) is 6.54 Å². The van der Waals surface area contributed by atoms with E-state index in [1.807, 2.05) is 25.6 Å². The van der Waals surface area contributed by atoms with Crippen LogP contribution in [0.4, 0.5) is 4.39 Å². The zero-order valence-corrected chi connectivity index (χ0v) is 12.8. The van der Waals surface area contributed by atoms with Crippen molar-refractivity contribution in [1.29, 1.82) is 0 Å². The molecule has 0 saturated carbocycles. The van der Waals surface area contributed by atoms with Gasteiger partial charge in [-0.3, -0.25) is 4.68 Å². The molecule has 0 fully saturated rings. The predicted molar refractivity (Wildman–Crippen MR) is 77.6 cm³/mol. The van der Waals surface area contributed by atoms with E-state index in [-0.39, 0.29) is 11.9 Å². The number of halogens is 2. The van der Waals surface area contributed by atoms with Crippen molar-refractivity contribution in [2.45, 2.75) is 26.4 Å². The van der Waals surface area contributed by atoms with E-state index in [1.165, 1.54) is 6.07 Å². The summed E-state index contributed by atoms with van der Waals surface area (Å²) in [5.41, 5.74) is 2.99. The van der Waals surface area contributed by atoms with Crippen LogP contribution in [-0.4, -0.2) is 16.8 Å². The monoisotopic (exact) mass is 325 g/mol.